The normalized spacial score (nSPS) is 45.6. The number of carbonyl (C=O) groups is 1. The molecule has 2 N–H and O–H groups in total. The molecule has 0 spiro atoms. The molecule has 0 aromatic rings. The van der Waals surface area contributed by atoms with Crippen molar-refractivity contribution in [2.24, 2.45) is 44.3 Å². The van der Waals surface area contributed by atoms with Gasteiger partial charge in [-0.25, -0.2) is 0 Å². The molecule has 0 aromatic heterocycles. The first kappa shape index (κ1) is 30.2. The van der Waals surface area contributed by atoms with Crippen LogP contribution in [0.1, 0.15) is 138 Å². The van der Waals surface area contributed by atoms with Gasteiger partial charge in [-0.2, -0.15) is 0 Å². The first-order valence-corrected chi connectivity index (χ1v) is 17.6. The Morgan fingerprint density at radius 3 is 2.27 bits per heavy atom. The van der Waals surface area contributed by atoms with Crippen LogP contribution in [0.4, 0.5) is 0 Å². The lowest BCUT2D eigenvalue weighted by atomic mass is 9.34. The van der Waals surface area contributed by atoms with Crippen molar-refractivity contribution in [1.82, 2.24) is 10.2 Å². The van der Waals surface area contributed by atoms with Crippen LogP contribution in [0.15, 0.2) is 11.1 Å². The predicted octanol–water partition coefficient (Wildman–Crippen LogP) is 7.90. The van der Waals surface area contributed by atoms with Crippen molar-refractivity contribution in [3.8, 4) is 0 Å². The van der Waals surface area contributed by atoms with Crippen LogP contribution in [0, 0.1) is 44.3 Å². The topological polar surface area (TPSA) is 52.6 Å². The number of hydrogen-bond donors (Lipinski definition) is 2. The third kappa shape index (κ3) is 4.45. The Kier molecular flexibility index (Phi) is 7.42. The minimum absolute atomic E-state index is 0.00459. The number of aliphatic hydroxyl groups is 1. The van der Waals surface area contributed by atoms with Crippen LogP contribution >= 0.6 is 0 Å². The number of fused-ring (bicyclic) bond motifs is 6. The zero-order chi connectivity index (χ0) is 29.5. The monoisotopic (exact) mass is 566 g/mol. The van der Waals surface area contributed by atoms with Gasteiger partial charge >= 0.3 is 0 Å². The van der Waals surface area contributed by atoms with Gasteiger partial charge in [-0.1, -0.05) is 66.0 Å². The van der Waals surface area contributed by atoms with Crippen molar-refractivity contribution in [1.29, 1.82) is 0 Å². The first-order chi connectivity index (χ1) is 19.2. The highest BCUT2D eigenvalue weighted by atomic mass is 16.3. The molecule has 232 valence electrons. The van der Waals surface area contributed by atoms with Crippen LogP contribution in [0.25, 0.3) is 0 Å². The van der Waals surface area contributed by atoms with Gasteiger partial charge in [0.15, 0.2) is 0 Å². The van der Waals surface area contributed by atoms with E-state index < -0.39 is 0 Å². The summed E-state index contributed by atoms with van der Waals surface area (Å²) in [5, 5.41) is 14.5. The molecule has 7 atom stereocenters. The predicted molar refractivity (Wildman–Crippen MR) is 168 cm³/mol. The van der Waals surface area contributed by atoms with Gasteiger partial charge in [-0.15, -0.1) is 0 Å². The smallest absolute Gasteiger partial charge is 0.230 e. The van der Waals surface area contributed by atoms with Crippen LogP contribution in [-0.2, 0) is 4.79 Å². The zero-order valence-electron chi connectivity index (χ0n) is 27.8. The van der Waals surface area contributed by atoms with Gasteiger partial charge in [0, 0.05) is 13.1 Å². The molecule has 6 aliphatic rings. The molecule has 5 fully saturated rings. The van der Waals surface area contributed by atoms with Crippen LogP contribution in [-0.4, -0.2) is 48.2 Å². The van der Waals surface area contributed by atoms with Crippen molar-refractivity contribution < 1.29 is 9.90 Å². The number of carbonyl (C=O) groups excluding carboxylic acids is 1. The van der Waals surface area contributed by atoms with Crippen molar-refractivity contribution in [3.63, 3.8) is 0 Å². The van der Waals surface area contributed by atoms with Gasteiger partial charge in [0.25, 0.3) is 0 Å². The molecule has 0 bridgehead atoms. The highest BCUT2D eigenvalue weighted by Crippen LogP contribution is 2.75. The summed E-state index contributed by atoms with van der Waals surface area (Å²) < 4.78 is 0. The number of nitrogens with zero attached hydrogens (tertiary/aromatic N) is 1. The van der Waals surface area contributed by atoms with Crippen molar-refractivity contribution in [2.75, 3.05) is 26.2 Å². The SMILES string of the molecule is CC1(C)CC[C@]2(C(=O)NCCN3CCCCC3)CC[C@]3(C)C(=C2C1)CC[C@@H]1[C@@]2(C)CC[C@H](O)C(C)(C)[C@@H]2CC[C@]13C. The highest BCUT2D eigenvalue weighted by molar-refractivity contribution is 5.87. The Labute approximate surface area is 251 Å². The van der Waals surface area contributed by atoms with E-state index in [2.05, 4.69) is 58.7 Å². The molecule has 1 aliphatic heterocycles. The summed E-state index contributed by atoms with van der Waals surface area (Å²) in [6.45, 7) is 21.7. The maximum atomic E-state index is 14.3. The van der Waals surface area contributed by atoms with Crippen molar-refractivity contribution in [2.45, 2.75) is 144 Å². The van der Waals surface area contributed by atoms with Crippen LogP contribution in [0.5, 0.6) is 0 Å². The first-order valence-electron chi connectivity index (χ1n) is 17.6. The second-order valence-electron chi connectivity index (χ2n) is 17.9. The Morgan fingerprint density at radius 2 is 1.54 bits per heavy atom. The molecule has 41 heavy (non-hydrogen) atoms. The lowest BCUT2D eigenvalue weighted by molar-refractivity contribution is -0.204. The zero-order valence-corrected chi connectivity index (χ0v) is 27.8. The molecule has 1 heterocycles. The van der Waals surface area contributed by atoms with Crippen molar-refractivity contribution in [3.05, 3.63) is 11.1 Å². The highest BCUT2D eigenvalue weighted by Gasteiger charge is 2.68. The lowest BCUT2D eigenvalue weighted by Gasteiger charge is -2.71. The van der Waals surface area contributed by atoms with Gasteiger partial charge in [0.2, 0.25) is 5.91 Å². The number of hydrogen-bond acceptors (Lipinski definition) is 3. The fourth-order valence-electron chi connectivity index (χ4n) is 12.3. The molecule has 1 saturated heterocycles. The van der Waals surface area contributed by atoms with Crippen LogP contribution < -0.4 is 5.32 Å². The Balaban J connectivity index is 1.32. The number of likely N-dealkylation sites (tertiary alicyclic amines) is 1. The van der Waals surface area contributed by atoms with Crippen LogP contribution in [0.2, 0.25) is 0 Å². The van der Waals surface area contributed by atoms with E-state index in [1.165, 1.54) is 64.5 Å². The summed E-state index contributed by atoms with van der Waals surface area (Å²) in [7, 11) is 0. The Hall–Kier alpha value is -0.870. The lowest BCUT2D eigenvalue weighted by Crippen LogP contribution is -2.64. The summed E-state index contributed by atoms with van der Waals surface area (Å²) in [6.07, 6.45) is 16.3. The summed E-state index contributed by atoms with van der Waals surface area (Å²) in [5.41, 5.74) is 3.98. The van der Waals surface area contributed by atoms with E-state index in [4.69, 9.17) is 0 Å². The van der Waals surface area contributed by atoms with E-state index in [-0.39, 0.29) is 33.2 Å². The Morgan fingerprint density at radius 1 is 0.829 bits per heavy atom. The molecule has 0 unspecified atom stereocenters. The molecule has 0 aromatic carbocycles. The van der Waals surface area contributed by atoms with Crippen molar-refractivity contribution >= 4 is 5.91 Å². The summed E-state index contributed by atoms with van der Waals surface area (Å²) in [5.74, 6) is 1.63. The molecular weight excluding hydrogens is 504 g/mol. The minimum atomic E-state index is -0.284. The van der Waals surface area contributed by atoms with Crippen LogP contribution in [0.3, 0.4) is 0 Å². The summed E-state index contributed by atoms with van der Waals surface area (Å²) in [4.78, 5) is 16.9. The third-order valence-corrected chi connectivity index (χ3v) is 15.1. The van der Waals surface area contributed by atoms with E-state index in [0.717, 1.165) is 51.6 Å². The number of nitrogens with one attached hydrogen (secondary N) is 1. The number of amides is 1. The summed E-state index contributed by atoms with van der Waals surface area (Å²) in [6, 6.07) is 0. The maximum absolute atomic E-state index is 14.3. The molecule has 4 heteroatoms. The molecule has 4 saturated carbocycles. The maximum Gasteiger partial charge on any atom is 0.230 e. The number of aliphatic hydroxyl groups excluding tert-OH is 1. The summed E-state index contributed by atoms with van der Waals surface area (Å²) >= 11 is 0. The van der Waals surface area contributed by atoms with Gasteiger partial charge < -0.3 is 15.3 Å². The Bertz CT molecular complexity index is 1070. The average molecular weight is 567 g/mol. The number of allylic oxidation sites excluding steroid dienone is 1. The van der Waals surface area contributed by atoms with Gasteiger partial charge in [-0.05, 0) is 135 Å². The van der Waals surface area contributed by atoms with Gasteiger partial charge in [0.05, 0.1) is 11.5 Å². The molecule has 1 amide bonds. The second-order valence-corrected chi connectivity index (χ2v) is 17.9. The van der Waals surface area contributed by atoms with E-state index in [1.807, 2.05) is 0 Å². The third-order valence-electron chi connectivity index (χ3n) is 15.1. The fraction of sp³-hybridized carbons (Fsp3) is 0.919. The second kappa shape index (κ2) is 10.1. The van der Waals surface area contributed by atoms with E-state index in [1.54, 1.807) is 11.1 Å². The van der Waals surface area contributed by atoms with E-state index in [0.29, 0.717) is 23.2 Å². The molecule has 6 rings (SSSR count). The molecule has 4 nitrogen and oxygen atoms in total. The standard InChI is InChI=1S/C37H62N2O2/c1-32(2)17-19-37(31(41)38-21-24-39-22-9-8-10-23-39)20-18-35(6)26(27(37)25-32)11-12-29-34(5)15-14-30(40)33(3,4)28(34)13-16-36(29,35)7/h28-30,40H,8-25H2,1-7H3,(H,38,41)/t28-,29+,30-,34-,35+,36+,37-/m0/s1. The quantitative estimate of drug-likeness (QED) is 0.340. The van der Waals surface area contributed by atoms with E-state index >= 15 is 0 Å². The molecule has 5 aliphatic carbocycles. The van der Waals surface area contributed by atoms with Gasteiger partial charge in [-0.3, -0.25) is 4.79 Å². The van der Waals surface area contributed by atoms with E-state index in [9.17, 15) is 9.90 Å². The number of piperidine rings is 1. The van der Waals surface area contributed by atoms with Gasteiger partial charge in [0.1, 0.15) is 0 Å². The largest absolute Gasteiger partial charge is 0.393 e. The fourth-order valence-corrected chi connectivity index (χ4v) is 12.3. The molecular formula is C37H62N2O2. The minimum Gasteiger partial charge on any atom is -0.393 e. The average Bonchev–Trinajstić information content (AvgIpc) is 2.91. The molecule has 0 radical (unpaired) electrons. The number of rotatable bonds is 4.